The zero-order valence-corrected chi connectivity index (χ0v) is 18.6. The third-order valence-electron chi connectivity index (χ3n) is 6.40. The average molecular weight is 449 g/mol. The van der Waals surface area contributed by atoms with Crippen molar-refractivity contribution in [1.82, 2.24) is 15.3 Å². The van der Waals surface area contributed by atoms with Crippen LogP contribution in [0.5, 0.6) is 11.5 Å². The molecule has 1 aromatic carbocycles. The standard InChI is InChI=1S/C25H28N4O4/c1-16-5-6-17-3-2-4-20(23(17)28-16)29-24(30)25(31)9-7-18(8-10-25)26-14-19-13-21-22(15-27-19)33-12-11-32-21/h2-6,13,15,18,26,31H,7-12,14H2,1H3,(H,29,30). The average Bonchev–Trinajstić information content (AvgIpc) is 2.84. The van der Waals surface area contributed by atoms with Crippen LogP contribution in [0.3, 0.4) is 0 Å². The van der Waals surface area contributed by atoms with Crippen LogP contribution in [0.1, 0.15) is 37.1 Å². The Morgan fingerprint density at radius 3 is 2.76 bits per heavy atom. The quantitative estimate of drug-likeness (QED) is 0.551. The largest absolute Gasteiger partial charge is 0.486 e. The summed E-state index contributed by atoms with van der Waals surface area (Å²) in [7, 11) is 0. The maximum atomic E-state index is 13.0. The van der Waals surface area contributed by atoms with Gasteiger partial charge in [-0.2, -0.15) is 0 Å². The molecule has 5 rings (SSSR count). The van der Waals surface area contributed by atoms with Gasteiger partial charge < -0.3 is 25.2 Å². The first-order valence-electron chi connectivity index (χ1n) is 11.4. The Kier molecular flexibility index (Phi) is 5.86. The first-order chi connectivity index (χ1) is 16.0. The van der Waals surface area contributed by atoms with Crippen molar-refractivity contribution >= 4 is 22.5 Å². The number of fused-ring (bicyclic) bond motifs is 2. The number of amides is 1. The molecule has 0 radical (unpaired) electrons. The van der Waals surface area contributed by atoms with E-state index < -0.39 is 5.60 Å². The Balaban J connectivity index is 1.18. The minimum absolute atomic E-state index is 0.204. The van der Waals surface area contributed by atoms with Crippen LogP contribution in [-0.4, -0.2) is 45.8 Å². The summed E-state index contributed by atoms with van der Waals surface area (Å²) >= 11 is 0. The minimum atomic E-state index is -1.39. The van der Waals surface area contributed by atoms with E-state index >= 15 is 0 Å². The SMILES string of the molecule is Cc1ccc2cccc(NC(=O)C3(O)CCC(NCc4cc5c(cn4)OCCO5)CC3)c2n1. The van der Waals surface area contributed by atoms with Gasteiger partial charge in [0.1, 0.15) is 18.8 Å². The normalized spacial score (nSPS) is 22.2. The molecule has 3 N–H and O–H groups in total. The number of nitrogens with zero attached hydrogens (tertiary/aromatic N) is 2. The number of ether oxygens (including phenoxy) is 2. The van der Waals surface area contributed by atoms with Crippen LogP contribution in [0.2, 0.25) is 0 Å². The smallest absolute Gasteiger partial charge is 0.256 e. The van der Waals surface area contributed by atoms with E-state index in [1.807, 2.05) is 43.3 Å². The fourth-order valence-corrected chi connectivity index (χ4v) is 4.45. The molecule has 3 aromatic rings. The topological polar surface area (TPSA) is 106 Å². The van der Waals surface area contributed by atoms with Crippen LogP contribution in [0, 0.1) is 6.92 Å². The molecule has 0 unspecified atom stereocenters. The number of hydrogen-bond donors (Lipinski definition) is 3. The molecule has 1 amide bonds. The van der Waals surface area contributed by atoms with Gasteiger partial charge in [0, 0.05) is 29.7 Å². The fourth-order valence-electron chi connectivity index (χ4n) is 4.45. The summed E-state index contributed by atoms with van der Waals surface area (Å²) < 4.78 is 11.1. The third-order valence-corrected chi connectivity index (χ3v) is 6.40. The van der Waals surface area contributed by atoms with Gasteiger partial charge in [-0.3, -0.25) is 14.8 Å². The number of rotatable bonds is 5. The zero-order valence-electron chi connectivity index (χ0n) is 18.6. The highest BCUT2D eigenvalue weighted by Crippen LogP contribution is 2.32. The Morgan fingerprint density at radius 1 is 1.15 bits per heavy atom. The summed E-state index contributed by atoms with van der Waals surface area (Å²) in [4.78, 5) is 22.0. The molecule has 1 fully saturated rings. The summed E-state index contributed by atoms with van der Waals surface area (Å²) in [5, 5.41) is 18.4. The zero-order chi connectivity index (χ0) is 22.8. The number of aromatic nitrogens is 2. The summed E-state index contributed by atoms with van der Waals surface area (Å²) in [6.07, 6.45) is 3.87. The molecule has 8 heteroatoms. The van der Waals surface area contributed by atoms with Crippen molar-refractivity contribution in [1.29, 1.82) is 0 Å². The summed E-state index contributed by atoms with van der Waals surface area (Å²) in [6, 6.07) is 11.7. The van der Waals surface area contributed by atoms with Crippen molar-refractivity contribution < 1.29 is 19.4 Å². The first-order valence-corrected chi connectivity index (χ1v) is 11.4. The maximum absolute atomic E-state index is 13.0. The highest BCUT2D eigenvalue weighted by molar-refractivity contribution is 6.03. The highest BCUT2D eigenvalue weighted by atomic mass is 16.6. The lowest BCUT2D eigenvalue weighted by Crippen LogP contribution is -2.48. The molecule has 33 heavy (non-hydrogen) atoms. The van der Waals surface area contributed by atoms with Crippen LogP contribution < -0.4 is 20.1 Å². The predicted molar refractivity (Wildman–Crippen MR) is 124 cm³/mol. The number of anilines is 1. The molecule has 2 aromatic heterocycles. The second-order valence-corrected chi connectivity index (χ2v) is 8.79. The molecule has 0 atom stereocenters. The van der Waals surface area contributed by atoms with E-state index in [2.05, 4.69) is 20.6 Å². The van der Waals surface area contributed by atoms with Crippen molar-refractivity contribution in [3.05, 3.63) is 54.0 Å². The van der Waals surface area contributed by atoms with Crippen molar-refractivity contribution in [2.24, 2.45) is 0 Å². The van der Waals surface area contributed by atoms with E-state index in [1.165, 1.54) is 0 Å². The second-order valence-electron chi connectivity index (χ2n) is 8.79. The molecule has 0 spiro atoms. The first kappa shape index (κ1) is 21.6. The van der Waals surface area contributed by atoms with Crippen LogP contribution in [0.4, 0.5) is 5.69 Å². The molecule has 1 aliphatic carbocycles. The van der Waals surface area contributed by atoms with Crippen LogP contribution in [0.25, 0.3) is 10.9 Å². The minimum Gasteiger partial charge on any atom is -0.486 e. The van der Waals surface area contributed by atoms with Crippen LogP contribution in [0.15, 0.2) is 42.6 Å². The van der Waals surface area contributed by atoms with Gasteiger partial charge >= 0.3 is 0 Å². The summed E-state index contributed by atoms with van der Waals surface area (Å²) in [5.41, 5.74) is 1.72. The Hall–Kier alpha value is -3.23. The van der Waals surface area contributed by atoms with E-state index in [-0.39, 0.29) is 11.9 Å². The van der Waals surface area contributed by atoms with E-state index in [4.69, 9.17) is 9.47 Å². The van der Waals surface area contributed by atoms with Crippen molar-refractivity contribution in [3.8, 4) is 11.5 Å². The number of carbonyl (C=O) groups is 1. The lowest BCUT2D eigenvalue weighted by Gasteiger charge is -2.35. The van der Waals surface area contributed by atoms with E-state index in [9.17, 15) is 9.90 Å². The maximum Gasteiger partial charge on any atom is 0.256 e. The summed E-state index contributed by atoms with van der Waals surface area (Å²) in [6.45, 7) is 3.59. The second kappa shape index (κ2) is 8.96. The molecule has 1 saturated carbocycles. The molecule has 3 heterocycles. The van der Waals surface area contributed by atoms with Crippen LogP contribution in [-0.2, 0) is 11.3 Å². The van der Waals surface area contributed by atoms with E-state index in [0.29, 0.717) is 56.9 Å². The lowest BCUT2D eigenvalue weighted by atomic mass is 9.81. The molecule has 8 nitrogen and oxygen atoms in total. The van der Waals surface area contributed by atoms with Gasteiger partial charge in [-0.25, -0.2) is 0 Å². The van der Waals surface area contributed by atoms with E-state index in [0.717, 1.165) is 28.0 Å². The van der Waals surface area contributed by atoms with Gasteiger partial charge in [0.2, 0.25) is 0 Å². The number of hydrogen-bond acceptors (Lipinski definition) is 7. The Morgan fingerprint density at radius 2 is 1.94 bits per heavy atom. The van der Waals surface area contributed by atoms with Gasteiger partial charge in [0.05, 0.1) is 23.1 Å². The van der Waals surface area contributed by atoms with Gasteiger partial charge in [-0.1, -0.05) is 18.2 Å². The van der Waals surface area contributed by atoms with Crippen LogP contribution >= 0.6 is 0 Å². The molecule has 1 aliphatic heterocycles. The van der Waals surface area contributed by atoms with Crippen molar-refractivity contribution in [2.75, 3.05) is 18.5 Å². The molecular formula is C25H28N4O4. The molecular weight excluding hydrogens is 420 g/mol. The van der Waals surface area contributed by atoms with Gasteiger partial charge in [-0.15, -0.1) is 0 Å². The number of aliphatic hydroxyl groups is 1. The van der Waals surface area contributed by atoms with E-state index in [1.54, 1.807) is 6.20 Å². The van der Waals surface area contributed by atoms with Crippen molar-refractivity contribution in [3.63, 3.8) is 0 Å². The predicted octanol–water partition coefficient (Wildman–Crippen LogP) is 3.11. The summed E-state index contributed by atoms with van der Waals surface area (Å²) in [5.74, 6) is 1.03. The monoisotopic (exact) mass is 448 g/mol. The Labute approximate surface area is 192 Å². The number of benzene rings is 1. The van der Waals surface area contributed by atoms with Gasteiger partial charge in [-0.05, 0) is 44.7 Å². The molecule has 2 aliphatic rings. The molecule has 0 bridgehead atoms. The number of pyridine rings is 2. The third kappa shape index (κ3) is 4.62. The van der Waals surface area contributed by atoms with Gasteiger partial charge in [0.25, 0.3) is 5.91 Å². The number of carbonyl (C=O) groups excluding carboxylic acids is 1. The van der Waals surface area contributed by atoms with Gasteiger partial charge in [0.15, 0.2) is 11.5 Å². The highest BCUT2D eigenvalue weighted by Gasteiger charge is 2.40. The Bertz CT molecular complexity index is 1170. The molecule has 172 valence electrons. The number of para-hydroxylation sites is 1. The number of aryl methyl sites for hydroxylation is 1. The van der Waals surface area contributed by atoms with Crippen molar-refractivity contribution in [2.45, 2.75) is 50.8 Å². The fraction of sp³-hybridized carbons (Fsp3) is 0.400. The lowest BCUT2D eigenvalue weighted by molar-refractivity contribution is -0.137. The number of nitrogens with one attached hydrogen (secondary N) is 2. The molecule has 0 saturated heterocycles.